The van der Waals surface area contributed by atoms with Gasteiger partial charge in [0.1, 0.15) is 24.5 Å². The van der Waals surface area contributed by atoms with Crippen LogP contribution in [0.3, 0.4) is 0 Å². The highest BCUT2D eigenvalue weighted by Gasteiger charge is 2.37. The molecular weight excluding hydrogens is 424 g/mol. The summed E-state index contributed by atoms with van der Waals surface area (Å²) < 4.78 is 2.54. The largest absolute Gasteiger partial charge is 0.244 e. The summed E-state index contributed by atoms with van der Waals surface area (Å²) >= 11 is 0. The van der Waals surface area contributed by atoms with Gasteiger partial charge in [-0.1, -0.05) is 118 Å². The van der Waals surface area contributed by atoms with Gasteiger partial charge in [0.25, 0.3) is 0 Å². The number of rotatable bonds is 2. The molecule has 0 N–H and O–H groups in total. The van der Waals surface area contributed by atoms with E-state index in [9.17, 15) is 0 Å². The molecule has 0 bridgehead atoms. The molecule has 1 heterocycles. The minimum atomic E-state index is 0.0691. The number of anilines is 1. The average molecular weight is 476 g/mol. The van der Waals surface area contributed by atoms with Crippen molar-refractivity contribution in [2.45, 2.75) is 119 Å². The van der Waals surface area contributed by atoms with Crippen LogP contribution in [0.5, 0.6) is 0 Å². The first kappa shape index (κ1) is 27.5. The highest BCUT2D eigenvalue weighted by molar-refractivity contribution is 5.83. The number of hydrogen-bond acceptors (Lipinski definition) is 1. The van der Waals surface area contributed by atoms with Crippen molar-refractivity contribution in [1.82, 2.24) is 0 Å². The average Bonchev–Trinajstić information content (AvgIpc) is 3.13. The van der Waals surface area contributed by atoms with Gasteiger partial charge in [0.2, 0.25) is 6.34 Å². The minimum Gasteiger partial charge on any atom is -0.229 e. The highest BCUT2D eigenvalue weighted by Crippen LogP contribution is 2.44. The summed E-state index contributed by atoms with van der Waals surface area (Å²) in [4.78, 5) is 2.54. The molecule has 0 spiro atoms. The minimum absolute atomic E-state index is 0.0691. The van der Waals surface area contributed by atoms with E-state index in [1.807, 2.05) is 0 Å². The van der Waals surface area contributed by atoms with Gasteiger partial charge < -0.3 is 0 Å². The lowest BCUT2D eigenvalue weighted by molar-refractivity contribution is -0.425. The molecule has 2 heteroatoms. The Hall–Kier alpha value is -2.09. The molecule has 35 heavy (non-hydrogen) atoms. The second-order valence-corrected chi connectivity index (χ2v) is 14.9. The number of benzene rings is 2. The Morgan fingerprint density at radius 2 is 0.914 bits per heavy atom. The first-order valence-electron chi connectivity index (χ1n) is 13.4. The summed E-state index contributed by atoms with van der Waals surface area (Å²) in [5.41, 5.74) is 11.5. The molecule has 2 aromatic carbocycles. The van der Waals surface area contributed by atoms with Gasteiger partial charge in [-0.05, 0) is 35.5 Å². The molecular formula is C33H51N2+. The van der Waals surface area contributed by atoms with Crippen molar-refractivity contribution in [2.24, 2.45) is 0 Å². The van der Waals surface area contributed by atoms with Gasteiger partial charge in [-0.2, -0.15) is 0 Å². The quantitative estimate of drug-likeness (QED) is 0.394. The molecule has 1 aliphatic heterocycles. The fourth-order valence-electron chi connectivity index (χ4n) is 5.30. The van der Waals surface area contributed by atoms with Crippen LogP contribution in [0.4, 0.5) is 11.4 Å². The zero-order valence-electron chi connectivity index (χ0n) is 25.2. The highest BCUT2D eigenvalue weighted by atomic mass is 15.3. The fourth-order valence-corrected chi connectivity index (χ4v) is 5.30. The maximum atomic E-state index is 2.54. The van der Waals surface area contributed by atoms with Gasteiger partial charge >= 0.3 is 0 Å². The molecule has 1 aliphatic rings. The molecule has 0 atom stereocenters. The summed E-state index contributed by atoms with van der Waals surface area (Å²) in [6.45, 7) is 34.7. The molecule has 0 aromatic heterocycles. The van der Waals surface area contributed by atoms with Crippen LogP contribution in [-0.4, -0.2) is 24.0 Å². The second-order valence-electron chi connectivity index (χ2n) is 14.9. The third kappa shape index (κ3) is 5.68. The Kier molecular flexibility index (Phi) is 6.90. The Labute approximate surface area is 216 Å². The van der Waals surface area contributed by atoms with Crippen LogP contribution in [0.2, 0.25) is 0 Å². The summed E-state index contributed by atoms with van der Waals surface area (Å²) in [7, 11) is 0. The standard InChI is InChI=1S/C33H51N2/c1-22-17-24(30(3,4)5)28(25(18-22)31(6,7)8)34-15-16-35(21-34)29-26(32(9,10)11)19-23(2)20-27(29)33(12,13)14/h17-21H,15-16H2,1-14H3/q+1. The van der Waals surface area contributed by atoms with Crippen LogP contribution in [0.15, 0.2) is 24.3 Å². The van der Waals surface area contributed by atoms with E-state index in [0.29, 0.717) is 0 Å². The Morgan fingerprint density at radius 1 is 0.571 bits per heavy atom. The first-order chi connectivity index (χ1) is 15.7. The van der Waals surface area contributed by atoms with Crippen molar-refractivity contribution < 1.29 is 4.58 Å². The molecule has 0 amide bonds. The molecule has 0 radical (unpaired) electrons. The van der Waals surface area contributed by atoms with E-state index in [1.54, 1.807) is 0 Å². The van der Waals surface area contributed by atoms with Crippen LogP contribution >= 0.6 is 0 Å². The van der Waals surface area contributed by atoms with Gasteiger partial charge in [-0.3, -0.25) is 0 Å². The Bertz CT molecular complexity index is 1070. The molecule has 2 nitrogen and oxygen atoms in total. The maximum Gasteiger partial charge on any atom is 0.244 e. The van der Waals surface area contributed by atoms with Crippen LogP contribution in [0.1, 0.15) is 116 Å². The number of aryl methyl sites for hydroxylation is 2. The summed E-state index contributed by atoms with van der Waals surface area (Å²) in [5.74, 6) is 0. The van der Waals surface area contributed by atoms with E-state index >= 15 is 0 Å². The molecule has 0 unspecified atom stereocenters. The molecule has 0 saturated heterocycles. The van der Waals surface area contributed by atoms with Crippen molar-refractivity contribution in [2.75, 3.05) is 18.0 Å². The van der Waals surface area contributed by atoms with Crippen LogP contribution in [-0.2, 0) is 21.7 Å². The SMILES string of the molecule is Cc1cc(C(C)(C)C)c(N2C=[N+](c3c(C(C)(C)C)cc(C)cc3C(C)(C)C)CC2)c(C(C)(C)C)c1. The van der Waals surface area contributed by atoms with Crippen LogP contribution < -0.4 is 4.90 Å². The van der Waals surface area contributed by atoms with Gasteiger partial charge in [-0.25, -0.2) is 9.48 Å². The van der Waals surface area contributed by atoms with E-state index in [2.05, 4.69) is 137 Å². The van der Waals surface area contributed by atoms with E-state index in [-0.39, 0.29) is 21.7 Å². The molecule has 0 aliphatic carbocycles. The van der Waals surface area contributed by atoms with Gasteiger partial charge in [0.05, 0.1) is 0 Å². The van der Waals surface area contributed by atoms with Crippen LogP contribution in [0.25, 0.3) is 0 Å². The van der Waals surface area contributed by atoms with Gasteiger partial charge in [-0.15, -0.1) is 0 Å². The molecule has 0 saturated carbocycles. The summed E-state index contributed by atoms with van der Waals surface area (Å²) in [6.07, 6.45) is 2.41. The van der Waals surface area contributed by atoms with Crippen molar-refractivity contribution in [3.05, 3.63) is 57.6 Å². The topological polar surface area (TPSA) is 6.25 Å². The van der Waals surface area contributed by atoms with Crippen molar-refractivity contribution >= 4 is 17.7 Å². The van der Waals surface area contributed by atoms with Crippen molar-refractivity contribution in [3.63, 3.8) is 0 Å². The Balaban J connectivity index is 2.32. The van der Waals surface area contributed by atoms with Crippen molar-refractivity contribution in [1.29, 1.82) is 0 Å². The van der Waals surface area contributed by atoms with E-state index in [4.69, 9.17) is 0 Å². The lowest BCUT2D eigenvalue weighted by atomic mass is 9.77. The lowest BCUT2D eigenvalue weighted by Gasteiger charge is -2.31. The van der Waals surface area contributed by atoms with E-state index in [0.717, 1.165) is 13.1 Å². The predicted octanol–water partition coefficient (Wildman–Crippen LogP) is 8.69. The van der Waals surface area contributed by atoms with Gasteiger partial charge in [0, 0.05) is 22.3 Å². The van der Waals surface area contributed by atoms with E-state index < -0.39 is 0 Å². The molecule has 0 fully saturated rings. The maximum absolute atomic E-state index is 2.54. The summed E-state index contributed by atoms with van der Waals surface area (Å²) in [5, 5.41) is 0. The third-order valence-corrected chi connectivity index (χ3v) is 7.18. The number of hydrogen-bond donors (Lipinski definition) is 0. The Morgan fingerprint density at radius 3 is 1.26 bits per heavy atom. The fraction of sp³-hybridized carbons (Fsp3) is 0.606. The zero-order chi connectivity index (χ0) is 26.7. The summed E-state index contributed by atoms with van der Waals surface area (Å²) in [6, 6.07) is 9.64. The molecule has 2 aromatic rings. The van der Waals surface area contributed by atoms with Crippen LogP contribution in [0, 0.1) is 13.8 Å². The van der Waals surface area contributed by atoms with Gasteiger partial charge in [0.15, 0.2) is 0 Å². The smallest absolute Gasteiger partial charge is 0.229 e. The van der Waals surface area contributed by atoms with E-state index in [1.165, 1.54) is 44.8 Å². The second kappa shape index (κ2) is 8.79. The number of nitrogens with zero attached hydrogens (tertiary/aromatic N) is 2. The third-order valence-electron chi connectivity index (χ3n) is 7.18. The van der Waals surface area contributed by atoms with Crippen molar-refractivity contribution in [3.8, 4) is 0 Å². The first-order valence-corrected chi connectivity index (χ1v) is 13.4. The normalized spacial score (nSPS) is 15.6. The monoisotopic (exact) mass is 475 g/mol. The lowest BCUT2D eigenvalue weighted by Crippen LogP contribution is -2.28. The molecule has 192 valence electrons. The predicted molar refractivity (Wildman–Crippen MR) is 155 cm³/mol. The molecule has 3 rings (SSSR count). The zero-order valence-corrected chi connectivity index (χ0v) is 25.2.